The van der Waals surface area contributed by atoms with Crippen molar-refractivity contribution in [2.45, 2.75) is 32.1 Å². The highest BCUT2D eigenvalue weighted by molar-refractivity contribution is 7.88. The second kappa shape index (κ2) is 9.68. The van der Waals surface area contributed by atoms with Crippen molar-refractivity contribution in [3.63, 3.8) is 0 Å². The molecule has 4 rings (SSSR count). The molecule has 0 unspecified atom stereocenters. The van der Waals surface area contributed by atoms with Crippen molar-refractivity contribution < 1.29 is 22.8 Å². The molecule has 3 amide bonds. The van der Waals surface area contributed by atoms with Gasteiger partial charge in [-0.3, -0.25) is 19.3 Å². The van der Waals surface area contributed by atoms with Crippen LogP contribution in [-0.2, 0) is 20.6 Å². The second-order valence-electron chi connectivity index (χ2n) is 9.14. The maximum absolute atomic E-state index is 13.5. The Hall–Kier alpha value is -3.04. The summed E-state index contributed by atoms with van der Waals surface area (Å²) in [5.74, 6) is -1.24. The Kier molecular flexibility index (Phi) is 6.86. The van der Waals surface area contributed by atoms with Crippen LogP contribution < -0.4 is 0 Å². The molecule has 2 aliphatic rings. The zero-order valence-electron chi connectivity index (χ0n) is 19.4. The number of hydrogen-bond donors (Lipinski definition) is 0. The fourth-order valence-electron chi connectivity index (χ4n) is 4.53. The summed E-state index contributed by atoms with van der Waals surface area (Å²) in [6.07, 6.45) is 0.344. The lowest BCUT2D eigenvalue weighted by Gasteiger charge is -2.37. The molecule has 0 aliphatic carbocycles. The molecule has 0 saturated carbocycles. The highest BCUT2D eigenvalue weighted by atomic mass is 32.2. The van der Waals surface area contributed by atoms with Gasteiger partial charge in [-0.25, -0.2) is 8.42 Å². The molecule has 0 bridgehead atoms. The van der Waals surface area contributed by atoms with Gasteiger partial charge in [0.05, 0.1) is 16.9 Å². The topological polar surface area (TPSA) is 95.1 Å². The van der Waals surface area contributed by atoms with E-state index in [1.807, 2.05) is 19.9 Å². The third kappa shape index (κ3) is 4.76. The smallest absolute Gasteiger partial charge is 0.262 e. The Bertz CT molecular complexity index is 1150. The Labute approximate surface area is 200 Å². The number of rotatable bonds is 7. The average Bonchev–Trinajstić information content (AvgIpc) is 3.07. The van der Waals surface area contributed by atoms with E-state index in [1.165, 1.54) is 4.31 Å². The van der Waals surface area contributed by atoms with Gasteiger partial charge in [-0.15, -0.1) is 0 Å². The van der Waals surface area contributed by atoms with E-state index < -0.39 is 27.9 Å². The summed E-state index contributed by atoms with van der Waals surface area (Å²) in [6.45, 7) is 4.66. The first kappa shape index (κ1) is 24.1. The summed E-state index contributed by atoms with van der Waals surface area (Å²) in [5, 5.41) is 0. The number of fused-ring (bicyclic) bond motifs is 1. The number of imide groups is 1. The largest absolute Gasteiger partial charge is 0.338 e. The van der Waals surface area contributed by atoms with Crippen molar-refractivity contribution in [3.8, 4) is 0 Å². The number of carbonyl (C=O) groups excluding carboxylic acids is 3. The lowest BCUT2D eigenvalue weighted by Crippen LogP contribution is -2.57. The number of hydrogen-bond acceptors (Lipinski definition) is 5. The van der Waals surface area contributed by atoms with Crippen LogP contribution in [0.2, 0.25) is 0 Å². The Morgan fingerprint density at radius 3 is 1.91 bits per heavy atom. The summed E-state index contributed by atoms with van der Waals surface area (Å²) in [4.78, 5) is 42.2. The monoisotopic (exact) mass is 483 g/mol. The third-order valence-corrected chi connectivity index (χ3v) is 8.10. The zero-order valence-corrected chi connectivity index (χ0v) is 20.2. The molecule has 0 N–H and O–H groups in total. The first-order valence-corrected chi connectivity index (χ1v) is 13.1. The highest BCUT2D eigenvalue weighted by Gasteiger charge is 2.44. The number of benzene rings is 2. The number of sulfonamides is 1. The van der Waals surface area contributed by atoms with Crippen LogP contribution in [-0.4, -0.2) is 72.5 Å². The fourth-order valence-corrected chi connectivity index (χ4v) is 6.04. The van der Waals surface area contributed by atoms with Crippen LogP contribution in [0.15, 0.2) is 54.6 Å². The lowest BCUT2D eigenvalue weighted by atomic mass is 10.0. The van der Waals surface area contributed by atoms with Crippen LogP contribution in [0.4, 0.5) is 0 Å². The number of piperazine rings is 1. The van der Waals surface area contributed by atoms with Crippen molar-refractivity contribution in [1.29, 1.82) is 0 Å². The standard InChI is InChI=1S/C25H29N3O5S/c1-18(2)16-22(28-23(29)20-10-6-7-11-21(20)24(28)30)25(31)26-12-14-27(15-13-26)34(32,33)17-19-8-4-3-5-9-19/h3-11,18,22H,12-17H2,1-2H3/t22-/m0/s1. The molecule has 2 heterocycles. The van der Waals surface area contributed by atoms with Crippen LogP contribution in [0.3, 0.4) is 0 Å². The van der Waals surface area contributed by atoms with E-state index in [0.29, 0.717) is 23.1 Å². The van der Waals surface area contributed by atoms with Gasteiger partial charge in [0.2, 0.25) is 15.9 Å². The highest BCUT2D eigenvalue weighted by Crippen LogP contribution is 2.28. The predicted molar refractivity (Wildman–Crippen MR) is 127 cm³/mol. The minimum Gasteiger partial charge on any atom is -0.338 e. The summed E-state index contributed by atoms with van der Waals surface area (Å²) < 4.78 is 27.1. The molecule has 8 nitrogen and oxygen atoms in total. The molecule has 34 heavy (non-hydrogen) atoms. The molecule has 0 radical (unpaired) electrons. The van der Waals surface area contributed by atoms with Crippen LogP contribution in [0.25, 0.3) is 0 Å². The summed E-state index contributed by atoms with van der Waals surface area (Å²) in [7, 11) is -3.52. The van der Waals surface area contributed by atoms with Crippen LogP contribution >= 0.6 is 0 Å². The predicted octanol–water partition coefficient (Wildman–Crippen LogP) is 2.37. The number of amides is 3. The van der Waals surface area contributed by atoms with Crippen LogP contribution in [0.1, 0.15) is 46.5 Å². The van der Waals surface area contributed by atoms with E-state index in [4.69, 9.17) is 0 Å². The molecule has 0 aromatic heterocycles. The summed E-state index contributed by atoms with van der Waals surface area (Å²) in [5.41, 5.74) is 1.33. The van der Waals surface area contributed by atoms with Crippen LogP contribution in [0.5, 0.6) is 0 Å². The number of nitrogens with zero attached hydrogens (tertiary/aromatic N) is 3. The van der Waals surface area contributed by atoms with Gasteiger partial charge in [0.1, 0.15) is 6.04 Å². The maximum atomic E-state index is 13.5. The van der Waals surface area contributed by atoms with Crippen molar-refractivity contribution in [1.82, 2.24) is 14.1 Å². The molecular formula is C25H29N3O5S. The number of carbonyl (C=O) groups is 3. The van der Waals surface area contributed by atoms with E-state index in [2.05, 4.69) is 0 Å². The van der Waals surface area contributed by atoms with E-state index in [9.17, 15) is 22.8 Å². The van der Waals surface area contributed by atoms with Gasteiger partial charge in [-0.1, -0.05) is 56.3 Å². The van der Waals surface area contributed by atoms with Gasteiger partial charge < -0.3 is 4.90 Å². The molecule has 9 heteroatoms. The van der Waals surface area contributed by atoms with E-state index in [-0.39, 0.29) is 43.8 Å². The minimum atomic E-state index is -3.52. The third-order valence-electron chi connectivity index (χ3n) is 6.25. The zero-order chi connectivity index (χ0) is 24.5. The Morgan fingerprint density at radius 2 is 1.38 bits per heavy atom. The van der Waals surface area contributed by atoms with Gasteiger partial charge in [0, 0.05) is 26.2 Å². The van der Waals surface area contributed by atoms with Gasteiger partial charge in [-0.2, -0.15) is 4.31 Å². The van der Waals surface area contributed by atoms with Gasteiger partial charge >= 0.3 is 0 Å². The average molecular weight is 484 g/mol. The van der Waals surface area contributed by atoms with Crippen LogP contribution in [0, 0.1) is 5.92 Å². The van der Waals surface area contributed by atoms with Crippen molar-refractivity contribution >= 4 is 27.7 Å². The molecule has 2 aromatic rings. The molecule has 0 spiro atoms. The first-order valence-electron chi connectivity index (χ1n) is 11.5. The maximum Gasteiger partial charge on any atom is 0.262 e. The van der Waals surface area contributed by atoms with Gasteiger partial charge in [0.15, 0.2) is 0 Å². The van der Waals surface area contributed by atoms with Gasteiger partial charge in [0.25, 0.3) is 11.8 Å². The Balaban J connectivity index is 1.47. The minimum absolute atomic E-state index is 0.0748. The van der Waals surface area contributed by atoms with Crippen molar-refractivity contribution in [3.05, 3.63) is 71.3 Å². The fraction of sp³-hybridized carbons (Fsp3) is 0.400. The quantitative estimate of drug-likeness (QED) is 0.564. The van der Waals surface area contributed by atoms with Crippen molar-refractivity contribution in [2.24, 2.45) is 5.92 Å². The lowest BCUT2D eigenvalue weighted by molar-refractivity contribution is -0.137. The van der Waals surface area contributed by atoms with E-state index >= 15 is 0 Å². The first-order chi connectivity index (χ1) is 16.2. The molecule has 1 atom stereocenters. The SMILES string of the molecule is CC(C)C[C@@H](C(=O)N1CCN(S(=O)(=O)Cc2ccccc2)CC1)N1C(=O)c2ccccc2C1=O. The summed E-state index contributed by atoms with van der Waals surface area (Å²) in [6, 6.07) is 14.7. The van der Waals surface area contributed by atoms with E-state index in [0.717, 1.165) is 4.90 Å². The molecule has 180 valence electrons. The van der Waals surface area contributed by atoms with Crippen molar-refractivity contribution in [2.75, 3.05) is 26.2 Å². The molecule has 1 saturated heterocycles. The normalized spacial score (nSPS) is 17.9. The van der Waals surface area contributed by atoms with E-state index in [1.54, 1.807) is 53.4 Å². The second-order valence-corrected chi connectivity index (χ2v) is 11.1. The molecule has 2 aliphatic heterocycles. The van der Waals surface area contributed by atoms with Gasteiger partial charge in [-0.05, 0) is 30.0 Å². The molecular weight excluding hydrogens is 454 g/mol. The molecule has 1 fully saturated rings. The molecule has 2 aromatic carbocycles. The summed E-state index contributed by atoms with van der Waals surface area (Å²) >= 11 is 0. The Morgan fingerprint density at radius 1 is 0.853 bits per heavy atom.